The van der Waals surface area contributed by atoms with Crippen LogP contribution in [-0.4, -0.2) is 98.2 Å². The molecule has 7 nitrogen and oxygen atoms in total. The number of aromatic nitrogens is 2. The summed E-state index contributed by atoms with van der Waals surface area (Å²) >= 11 is 0. The second-order valence-corrected chi connectivity index (χ2v) is 26.3. The van der Waals surface area contributed by atoms with E-state index in [9.17, 15) is 10.2 Å². The number of pyridine rings is 2. The molecule has 14 atom stereocenters. The van der Waals surface area contributed by atoms with Crippen molar-refractivity contribution >= 4 is 12.2 Å². The first-order valence-electron chi connectivity index (χ1n) is 28.7. The Morgan fingerprint density at radius 2 is 0.959 bits per heavy atom. The van der Waals surface area contributed by atoms with Crippen molar-refractivity contribution in [1.82, 2.24) is 9.97 Å². The highest BCUT2D eigenvalue weighted by atomic mass is 79.9. The lowest BCUT2D eigenvalue weighted by molar-refractivity contribution is -0.936. The Labute approximate surface area is 461 Å². The van der Waals surface area contributed by atoms with Gasteiger partial charge in [0.15, 0.2) is 0 Å². The van der Waals surface area contributed by atoms with Gasteiger partial charge in [0.2, 0.25) is 0 Å². The largest absolute Gasteiger partial charge is 1.00 e. The molecule has 0 amide bonds. The molecule has 2 aliphatic heterocycles. The molecule has 12 rings (SSSR count). The molecule has 400 valence electrons. The van der Waals surface area contributed by atoms with Gasteiger partial charge in [-0.1, -0.05) is 76.3 Å². The monoisotopic (exact) mass is 1120 g/mol. The van der Waals surface area contributed by atoms with Crippen LogP contribution in [0, 0.1) is 57.2 Å². The van der Waals surface area contributed by atoms with Crippen LogP contribution >= 0.6 is 0 Å². The Kier molecular flexibility index (Phi) is 17.2. The summed E-state index contributed by atoms with van der Waals surface area (Å²) < 4.78 is 2.61. The van der Waals surface area contributed by atoms with Crippen LogP contribution in [0.5, 0.6) is 0 Å². The zero-order valence-electron chi connectivity index (χ0n) is 45.2. The topological polar surface area (TPSA) is 97.7 Å². The fourth-order valence-corrected chi connectivity index (χ4v) is 19.4. The van der Waals surface area contributed by atoms with E-state index >= 15 is 0 Å². The molecule has 8 aliphatic carbocycles. The van der Waals surface area contributed by atoms with Crippen LogP contribution in [0.15, 0.2) is 109 Å². The van der Waals surface area contributed by atoms with Crippen molar-refractivity contribution in [3.8, 4) is 0 Å². The minimum absolute atomic E-state index is 0. The predicted octanol–water partition coefficient (Wildman–Crippen LogP) is 6.31. The lowest BCUT2D eigenvalue weighted by Crippen LogP contribution is -3.00. The molecule has 0 radical (unpaired) electrons. The number of likely N-dealkylation sites (tertiary alicyclic amines) is 2. The van der Waals surface area contributed by atoms with E-state index in [4.69, 9.17) is 0 Å². The number of fused-ring (bicyclic) bond motifs is 10. The number of nitrogens with zero attached hydrogens (tertiary/aromatic N) is 4. The molecule has 4 heterocycles. The van der Waals surface area contributed by atoms with E-state index in [2.05, 4.69) is 99.4 Å². The van der Waals surface area contributed by atoms with Crippen molar-refractivity contribution in [2.75, 3.05) is 39.3 Å². The summed E-state index contributed by atoms with van der Waals surface area (Å²) in [5.41, 5.74) is 8.70. The van der Waals surface area contributed by atoms with Crippen molar-refractivity contribution in [1.29, 1.82) is 0 Å². The van der Waals surface area contributed by atoms with Crippen LogP contribution in [0.1, 0.15) is 155 Å². The summed E-state index contributed by atoms with van der Waals surface area (Å²) in [4.78, 5) is 9.03. The van der Waals surface area contributed by atoms with Crippen LogP contribution < -0.4 is 34.0 Å². The Balaban J connectivity index is 0.000000187. The highest BCUT2D eigenvalue weighted by Gasteiger charge is 2.62. The first-order valence-corrected chi connectivity index (χ1v) is 28.7. The zero-order chi connectivity index (χ0) is 48.5. The molecule has 8 fully saturated rings. The molecule has 0 spiro atoms. The fraction of sp³-hybridized carbons (Fsp3) is 0.656. The lowest BCUT2D eigenvalue weighted by Gasteiger charge is -2.58. The summed E-state index contributed by atoms with van der Waals surface area (Å²) in [5.74, 6) is 4.11. The Morgan fingerprint density at radius 1 is 0.562 bits per heavy atom. The minimum Gasteiger partial charge on any atom is -1.00 e. The van der Waals surface area contributed by atoms with E-state index in [0.29, 0.717) is 34.5 Å². The van der Waals surface area contributed by atoms with Crippen LogP contribution in [0.2, 0.25) is 0 Å². The Morgan fingerprint density at radius 3 is 1.32 bits per heavy atom. The van der Waals surface area contributed by atoms with Gasteiger partial charge in [0.25, 0.3) is 0 Å². The summed E-state index contributed by atoms with van der Waals surface area (Å²) in [6, 6.07) is 13.7. The van der Waals surface area contributed by atoms with Gasteiger partial charge >= 0.3 is 0 Å². The number of quaternary nitrogens is 2. The third-order valence-electron chi connectivity index (χ3n) is 23.4. The number of hydrogen-bond acceptors (Lipinski definition) is 4. The van der Waals surface area contributed by atoms with Crippen LogP contribution in [-0.2, 0) is 0 Å². The summed E-state index contributed by atoms with van der Waals surface area (Å²) in [5, 5.41) is 23.0. The van der Waals surface area contributed by atoms with E-state index in [-0.39, 0.29) is 62.5 Å². The fourth-order valence-electron chi connectivity index (χ4n) is 19.4. The predicted molar refractivity (Wildman–Crippen MR) is 290 cm³/mol. The maximum absolute atomic E-state index is 11.5. The molecular weight excluding hydrogens is 1030 g/mol. The van der Waals surface area contributed by atoms with Gasteiger partial charge in [0, 0.05) is 74.6 Å². The number of allylic oxidation sites excluding steroid dienone is 2. The molecule has 2 aromatic rings. The number of rotatable bonds is 8. The molecule has 0 bridgehead atoms. The van der Waals surface area contributed by atoms with Crippen LogP contribution in [0.3, 0.4) is 0 Å². The third kappa shape index (κ3) is 9.61. The normalized spacial score (nSPS) is 41.5. The second-order valence-electron chi connectivity index (χ2n) is 26.3. The molecule has 4 N–H and O–H groups in total. The number of halogens is 2. The smallest absolute Gasteiger partial charge is 0.0973 e. The quantitative estimate of drug-likeness (QED) is 0.240. The van der Waals surface area contributed by atoms with E-state index in [0.717, 1.165) is 74.1 Å². The Hall–Kier alpha value is -2.50. The van der Waals surface area contributed by atoms with Crippen LogP contribution in [0.4, 0.5) is 0 Å². The number of aliphatic hydroxyl groups excluding tert-OH is 2. The average molecular weight is 1130 g/mol. The Bertz CT molecular complexity index is 2230. The average Bonchev–Trinajstić information content (AvgIpc) is 4.16. The molecule has 0 unspecified atom stereocenters. The van der Waals surface area contributed by atoms with Gasteiger partial charge in [-0.15, -0.1) is 0 Å². The number of hydrogen-bond donors (Lipinski definition) is 2. The van der Waals surface area contributed by atoms with Crippen molar-refractivity contribution in [2.24, 2.45) is 57.2 Å². The van der Waals surface area contributed by atoms with Gasteiger partial charge in [0.05, 0.1) is 74.9 Å². The molecule has 10 aliphatic rings. The summed E-state index contributed by atoms with van der Waals surface area (Å²) in [6.07, 6.45) is 40.2. The van der Waals surface area contributed by atoms with Crippen molar-refractivity contribution in [3.05, 3.63) is 120 Å². The first-order chi connectivity index (χ1) is 33.8. The van der Waals surface area contributed by atoms with Gasteiger partial charge in [-0.05, 0) is 170 Å². The summed E-state index contributed by atoms with van der Waals surface area (Å²) in [7, 11) is 0. The lowest BCUT2D eigenvalue weighted by atomic mass is 9.47. The number of aliphatic hydroxyl groups is 2. The van der Waals surface area contributed by atoms with Crippen molar-refractivity contribution < 1.29 is 58.6 Å². The molecule has 6 saturated carbocycles. The highest BCUT2D eigenvalue weighted by molar-refractivity contribution is 5.53. The first kappa shape index (κ1) is 56.7. The molecular formula is C64H92Br2N4O3. The molecule has 73 heavy (non-hydrogen) atoms. The molecule has 9 heteroatoms. The molecule has 2 saturated heterocycles. The van der Waals surface area contributed by atoms with Gasteiger partial charge in [-0.2, -0.15) is 0 Å². The standard InChI is InChI=1S/2C32H45N2O.2BrH.H2O/c2*1-4-17-34(18-7-8-19-34)26-12-14-31(2)24(22-26)10-11-27-28(31)13-15-32(3)29(27)21-23(30(32)35)20-25-9-5-6-16-33-25;;;/h2*4-6,9-10,16,20,26-30,35H,1,7-8,11-15,17-19,21-22H2,2-3H3;2*1H;1H2/q2*+1;;;/p-2/b2*23-20+;;;/t2*26-,27+,28-,29-,30-,31-,32-;;;/m00.../s1. The SMILES string of the molecule is C=CC[N+]1([C@H]2CC[C@@]3(C)C(=CC[C@H]4[C@@H]5C/C(=C\c6ccccn6)[C@H](O)[C@@]5(C)CC[C@@H]43)C2)CCCC1.C=CC[N+]1([C@H]2CC[C@@]3(C)C(=CC[C@H]4[C@@H]5C/C(=C\c6ccccn6)[C@H](O)[C@@]5(C)CC[C@@H]43)C2)CCCC1.O.[Br-].[Br-]. The highest BCUT2D eigenvalue weighted by Crippen LogP contribution is 2.68. The van der Waals surface area contributed by atoms with E-state index in [1.165, 1.54) is 136 Å². The maximum Gasteiger partial charge on any atom is 0.0973 e. The minimum atomic E-state index is -0.331. The van der Waals surface area contributed by atoms with Gasteiger partial charge in [-0.3, -0.25) is 9.97 Å². The van der Waals surface area contributed by atoms with Gasteiger partial charge < -0.3 is 58.6 Å². The third-order valence-corrected chi connectivity index (χ3v) is 23.4. The van der Waals surface area contributed by atoms with Crippen molar-refractivity contribution in [3.63, 3.8) is 0 Å². The second kappa shape index (κ2) is 22.1. The van der Waals surface area contributed by atoms with Gasteiger partial charge in [0.1, 0.15) is 0 Å². The van der Waals surface area contributed by atoms with Crippen LogP contribution in [0.25, 0.3) is 12.2 Å². The summed E-state index contributed by atoms with van der Waals surface area (Å²) in [6.45, 7) is 26.0. The maximum atomic E-state index is 11.5. The van der Waals surface area contributed by atoms with E-state index in [1.807, 2.05) is 36.7 Å². The van der Waals surface area contributed by atoms with E-state index in [1.54, 1.807) is 11.1 Å². The van der Waals surface area contributed by atoms with Crippen molar-refractivity contribution in [2.45, 2.75) is 168 Å². The van der Waals surface area contributed by atoms with E-state index < -0.39 is 0 Å². The zero-order valence-corrected chi connectivity index (χ0v) is 48.4. The molecule has 2 aromatic heterocycles. The van der Waals surface area contributed by atoms with Gasteiger partial charge in [-0.25, -0.2) is 0 Å². The molecule has 0 aromatic carbocycles.